The highest BCUT2D eigenvalue weighted by Crippen LogP contribution is 2.45. The number of hydrogen-bond acceptors (Lipinski definition) is 15. The van der Waals surface area contributed by atoms with Gasteiger partial charge in [-0.25, -0.2) is 9.13 Å². The SMILES string of the molecule is CC/C=C\C/C=C\C/C=C\C/C=C\C/C=C\CCCC(=O)OC(COC(=O)CCCCCCCC/C=C\C/C=C\C/C=C\C/C=C\CC)COP(=O)(O)OCC(O)COP(=O)(O)OCC(COC(=O)CCCCCCCC/C=C\C/C=C\C/C=C\CCCCC)OC(=O)CCCCCCCCCCCCCCCCC. The van der Waals surface area contributed by atoms with Crippen LogP contribution in [0.25, 0.3) is 0 Å². The van der Waals surface area contributed by atoms with Gasteiger partial charge in [-0.15, -0.1) is 0 Å². The van der Waals surface area contributed by atoms with Gasteiger partial charge in [-0.3, -0.25) is 37.3 Å². The maximum Gasteiger partial charge on any atom is 0.472 e. The van der Waals surface area contributed by atoms with Gasteiger partial charge in [0.2, 0.25) is 0 Å². The maximum atomic E-state index is 13.1. The molecular formula is C91H154O17P2. The molecule has 0 fully saturated rings. The van der Waals surface area contributed by atoms with Crippen molar-refractivity contribution in [3.63, 3.8) is 0 Å². The average molecular weight is 1580 g/mol. The monoisotopic (exact) mass is 1580 g/mol. The Hall–Kier alpha value is -5.06. The molecule has 0 saturated carbocycles. The Balaban J connectivity index is 5.44. The number of phosphoric ester groups is 2. The second kappa shape index (κ2) is 81.9. The lowest BCUT2D eigenvalue weighted by atomic mass is 10.0. The highest BCUT2D eigenvalue weighted by atomic mass is 31.2. The van der Waals surface area contributed by atoms with Gasteiger partial charge in [-0.2, -0.15) is 0 Å². The highest BCUT2D eigenvalue weighted by molar-refractivity contribution is 7.47. The quantitative estimate of drug-likeness (QED) is 0.0169. The fourth-order valence-electron chi connectivity index (χ4n) is 11.3. The Morgan fingerprint density at radius 1 is 0.264 bits per heavy atom. The van der Waals surface area contributed by atoms with Crippen LogP contribution in [0.5, 0.6) is 0 Å². The van der Waals surface area contributed by atoms with E-state index in [0.717, 1.165) is 180 Å². The van der Waals surface area contributed by atoms with Crippen molar-refractivity contribution in [2.75, 3.05) is 39.6 Å². The number of ether oxygens (including phenoxy) is 4. The van der Waals surface area contributed by atoms with Gasteiger partial charge in [0.25, 0.3) is 0 Å². The van der Waals surface area contributed by atoms with Crippen molar-refractivity contribution in [2.45, 2.75) is 367 Å². The zero-order chi connectivity index (χ0) is 80.3. The van der Waals surface area contributed by atoms with Crippen molar-refractivity contribution < 1.29 is 80.2 Å². The first-order valence-electron chi connectivity index (χ1n) is 43.1. The summed E-state index contributed by atoms with van der Waals surface area (Å²) in [7, 11) is -10.00. The van der Waals surface area contributed by atoms with Crippen LogP contribution in [-0.4, -0.2) is 96.7 Å². The van der Waals surface area contributed by atoms with E-state index in [2.05, 4.69) is 161 Å². The van der Waals surface area contributed by atoms with Crippen molar-refractivity contribution in [3.05, 3.63) is 146 Å². The first kappa shape index (κ1) is 105. The lowest BCUT2D eigenvalue weighted by Gasteiger charge is -2.21. The summed E-state index contributed by atoms with van der Waals surface area (Å²) in [5.41, 5.74) is 0. The van der Waals surface area contributed by atoms with Crippen LogP contribution in [0.1, 0.15) is 349 Å². The normalized spacial score (nSPS) is 14.5. The van der Waals surface area contributed by atoms with E-state index in [0.29, 0.717) is 32.1 Å². The van der Waals surface area contributed by atoms with Gasteiger partial charge in [-0.05, 0) is 141 Å². The second-order valence-corrected chi connectivity index (χ2v) is 31.3. The van der Waals surface area contributed by atoms with Crippen molar-refractivity contribution in [2.24, 2.45) is 0 Å². The van der Waals surface area contributed by atoms with Gasteiger partial charge in [0.05, 0.1) is 26.4 Å². The minimum atomic E-state index is -5.01. The molecule has 0 aromatic rings. The largest absolute Gasteiger partial charge is 0.472 e. The third-order valence-corrected chi connectivity index (χ3v) is 19.7. The van der Waals surface area contributed by atoms with Gasteiger partial charge in [0.1, 0.15) is 19.3 Å². The first-order chi connectivity index (χ1) is 53.7. The highest BCUT2D eigenvalue weighted by Gasteiger charge is 2.30. The van der Waals surface area contributed by atoms with Crippen molar-refractivity contribution >= 4 is 39.5 Å². The van der Waals surface area contributed by atoms with Gasteiger partial charge >= 0.3 is 39.5 Å². The van der Waals surface area contributed by atoms with E-state index in [9.17, 15) is 43.2 Å². The average Bonchev–Trinajstić information content (AvgIpc) is 0.906. The van der Waals surface area contributed by atoms with Crippen LogP contribution in [0, 0.1) is 0 Å². The first-order valence-corrected chi connectivity index (χ1v) is 46.1. The van der Waals surface area contributed by atoms with E-state index in [1.807, 2.05) is 12.2 Å². The Morgan fingerprint density at radius 2 is 0.482 bits per heavy atom. The smallest absolute Gasteiger partial charge is 0.462 e. The summed E-state index contributed by atoms with van der Waals surface area (Å²) in [6.45, 7) is 4.57. The summed E-state index contributed by atoms with van der Waals surface area (Å²) in [5.74, 6) is -2.26. The Bertz CT molecular complexity index is 2650. The third kappa shape index (κ3) is 81.0. The van der Waals surface area contributed by atoms with Crippen molar-refractivity contribution in [3.8, 4) is 0 Å². The van der Waals surface area contributed by atoms with Crippen LogP contribution in [0.4, 0.5) is 0 Å². The third-order valence-electron chi connectivity index (χ3n) is 17.8. The summed E-state index contributed by atoms with van der Waals surface area (Å²) in [5, 5.41) is 10.7. The molecule has 630 valence electrons. The fraction of sp³-hybridized carbons (Fsp3) is 0.692. The molecule has 0 rings (SSSR count). The molecule has 0 aromatic heterocycles. The lowest BCUT2D eigenvalue weighted by molar-refractivity contribution is -0.161. The topological polar surface area (TPSA) is 237 Å². The summed E-state index contributed by atoms with van der Waals surface area (Å²) in [6, 6.07) is 0. The number of carbonyl (C=O) groups excluding carboxylic acids is 4. The van der Waals surface area contributed by atoms with Gasteiger partial charge in [0, 0.05) is 25.7 Å². The summed E-state index contributed by atoms with van der Waals surface area (Å²) < 4.78 is 68.8. The number of carbonyl (C=O) groups is 4. The Morgan fingerprint density at radius 3 is 0.782 bits per heavy atom. The van der Waals surface area contributed by atoms with E-state index >= 15 is 0 Å². The molecule has 110 heavy (non-hydrogen) atoms. The molecule has 5 atom stereocenters. The van der Waals surface area contributed by atoms with E-state index in [1.165, 1.54) is 83.5 Å². The second-order valence-electron chi connectivity index (χ2n) is 28.4. The van der Waals surface area contributed by atoms with E-state index in [1.54, 1.807) is 0 Å². The Kier molecular flexibility index (Phi) is 78.2. The number of aliphatic hydroxyl groups is 1. The molecule has 0 spiro atoms. The van der Waals surface area contributed by atoms with Gasteiger partial charge in [0.15, 0.2) is 12.2 Å². The molecule has 17 nitrogen and oxygen atoms in total. The molecule has 0 bridgehead atoms. The predicted octanol–water partition coefficient (Wildman–Crippen LogP) is 25.8. The van der Waals surface area contributed by atoms with E-state index in [4.69, 9.17) is 37.0 Å². The lowest BCUT2D eigenvalue weighted by Crippen LogP contribution is -2.30. The number of allylic oxidation sites excluding steroid dienone is 24. The number of hydrogen-bond donors (Lipinski definition) is 3. The summed E-state index contributed by atoms with van der Waals surface area (Å²) in [6.07, 6.45) is 95.2. The number of esters is 4. The molecule has 0 radical (unpaired) electrons. The van der Waals surface area contributed by atoms with Gasteiger partial charge in [-0.1, -0.05) is 328 Å². The number of rotatable bonds is 80. The molecule has 0 saturated heterocycles. The molecule has 0 aromatic carbocycles. The summed E-state index contributed by atoms with van der Waals surface area (Å²) >= 11 is 0. The predicted molar refractivity (Wildman–Crippen MR) is 454 cm³/mol. The molecule has 0 aliphatic heterocycles. The standard InChI is InChI=1S/C91H154O17P2/c1-5-9-13-17-21-25-29-33-37-40-42-45-48-51-55-59-63-67-71-75-88(93)101-81-86(107-90(95)77-73-69-65-61-57-53-47-36-32-28-24-20-16-12-8-4)83-105-109(97,98)103-79-85(92)80-104-110(99,100)106-84-87(108-91(96)78-74-70-66-62-58-54-50-44-39-35-31-27-23-19-15-11-7-3)82-102-89(94)76-72-68-64-60-56-52-49-46-43-41-38-34-30-26-22-18-14-10-6-2/h10-11,14-15,21-23,25-27,33-35,37-39,42-43,45-46,50,54,62,66,85-87,92H,5-9,12-13,16-20,24,28-32,36,40-41,44,47-49,51-53,55-61,63-65,67-84H2,1-4H3,(H,97,98)(H,99,100)/b14-10-,15-11-,25-21-,26-22-,27-23-,37-33-,38-34-,39-35-,45-42-,46-43-,54-50-,66-62-. The fourth-order valence-corrected chi connectivity index (χ4v) is 12.9. The van der Waals surface area contributed by atoms with Gasteiger partial charge < -0.3 is 33.8 Å². The van der Waals surface area contributed by atoms with Crippen LogP contribution in [0.2, 0.25) is 0 Å². The molecule has 0 heterocycles. The maximum absolute atomic E-state index is 13.1. The number of aliphatic hydroxyl groups excluding tert-OH is 1. The number of phosphoric acid groups is 2. The molecule has 5 unspecified atom stereocenters. The van der Waals surface area contributed by atoms with Crippen LogP contribution in [-0.2, 0) is 65.4 Å². The van der Waals surface area contributed by atoms with Crippen molar-refractivity contribution in [1.29, 1.82) is 0 Å². The molecule has 19 heteroatoms. The zero-order valence-electron chi connectivity index (χ0n) is 69.1. The zero-order valence-corrected chi connectivity index (χ0v) is 70.9. The number of unbranched alkanes of at least 4 members (excludes halogenated alkanes) is 30. The Labute approximate surface area is 668 Å². The minimum Gasteiger partial charge on any atom is -0.462 e. The summed E-state index contributed by atoms with van der Waals surface area (Å²) in [4.78, 5) is 73.3. The van der Waals surface area contributed by atoms with Crippen LogP contribution in [0.3, 0.4) is 0 Å². The molecule has 3 N–H and O–H groups in total. The molecule has 0 aliphatic carbocycles. The van der Waals surface area contributed by atoms with Crippen molar-refractivity contribution in [1.82, 2.24) is 0 Å². The molecular weight excluding hydrogens is 1430 g/mol. The van der Waals surface area contributed by atoms with Crippen LogP contribution in [0.15, 0.2) is 146 Å². The van der Waals surface area contributed by atoms with Crippen LogP contribution >= 0.6 is 15.6 Å². The minimum absolute atomic E-state index is 0.00945. The van der Waals surface area contributed by atoms with E-state index in [-0.39, 0.29) is 25.7 Å². The van der Waals surface area contributed by atoms with Crippen LogP contribution < -0.4 is 0 Å². The molecule has 0 amide bonds. The molecule has 0 aliphatic rings. The van der Waals surface area contributed by atoms with E-state index < -0.39 is 97.5 Å².